The van der Waals surface area contributed by atoms with Crippen LogP contribution in [0.25, 0.3) is 11.2 Å². The van der Waals surface area contributed by atoms with Crippen LogP contribution in [0.15, 0.2) is 54.9 Å². The van der Waals surface area contributed by atoms with Gasteiger partial charge in [-0.3, -0.25) is 4.79 Å². The van der Waals surface area contributed by atoms with Gasteiger partial charge in [0.25, 0.3) is 0 Å². The zero-order valence-electron chi connectivity index (χ0n) is 28.6. The van der Waals surface area contributed by atoms with E-state index in [1.807, 2.05) is 29.2 Å². The molecule has 2 amide bonds. The number of aromatic hydroxyl groups is 2. The molecule has 0 spiro atoms. The molecule has 2 fully saturated rings. The maximum Gasteiger partial charge on any atom is 0.407 e. The number of aliphatic hydroxyl groups is 3. The summed E-state index contributed by atoms with van der Waals surface area (Å²) in [7, 11) is 0. The van der Waals surface area contributed by atoms with Gasteiger partial charge >= 0.3 is 6.09 Å². The molecule has 3 heterocycles. The number of hydrogen-bond acceptors (Lipinski definition) is 13. The summed E-state index contributed by atoms with van der Waals surface area (Å²) in [6.07, 6.45) is -0.805. The largest absolute Gasteiger partial charge is 0.508 e. The molecular weight excluding hydrogens is 660 g/mol. The van der Waals surface area contributed by atoms with Crippen molar-refractivity contribution in [1.29, 1.82) is 0 Å². The highest BCUT2D eigenvalue weighted by Crippen LogP contribution is 2.36. The number of imidazole rings is 1. The molecule has 5 atom stereocenters. The third-order valence-corrected chi connectivity index (χ3v) is 9.17. The number of benzene rings is 2. The normalized spacial score (nSPS) is 22.0. The molecule has 2 aromatic heterocycles. The summed E-state index contributed by atoms with van der Waals surface area (Å²) in [4.78, 5) is 40.8. The average Bonchev–Trinajstić information content (AvgIpc) is 3.80. The number of nitrogens with one attached hydrogen (secondary N) is 3. The molecule has 16 nitrogen and oxygen atoms in total. The van der Waals surface area contributed by atoms with Crippen LogP contribution in [0.4, 0.5) is 16.6 Å². The van der Waals surface area contributed by atoms with Gasteiger partial charge in [-0.25, -0.2) is 9.78 Å². The van der Waals surface area contributed by atoms with Gasteiger partial charge in [0.2, 0.25) is 11.9 Å². The molecule has 272 valence electrons. The highest BCUT2D eigenvalue weighted by Gasteiger charge is 2.44. The lowest BCUT2D eigenvalue weighted by Crippen LogP contribution is -2.44. The van der Waals surface area contributed by atoms with E-state index in [0.717, 1.165) is 11.1 Å². The minimum atomic E-state index is -1.29. The van der Waals surface area contributed by atoms with Gasteiger partial charge in [0.15, 0.2) is 17.0 Å². The second kappa shape index (κ2) is 14.6. The first-order chi connectivity index (χ1) is 24.3. The number of carbonyl (C=O) groups is 2. The van der Waals surface area contributed by atoms with E-state index < -0.39 is 48.5 Å². The summed E-state index contributed by atoms with van der Waals surface area (Å²) in [6, 6.07) is 12.0. The maximum absolute atomic E-state index is 12.5. The lowest BCUT2D eigenvalue weighted by molar-refractivity contribution is -0.125. The number of rotatable bonds is 10. The predicted molar refractivity (Wildman–Crippen MR) is 187 cm³/mol. The average molecular weight is 705 g/mol. The Morgan fingerprint density at radius 1 is 0.961 bits per heavy atom. The molecule has 16 heteroatoms. The topological polar surface area (TPSA) is 227 Å². The van der Waals surface area contributed by atoms with Crippen LogP contribution in [0.5, 0.6) is 11.5 Å². The third-order valence-electron chi connectivity index (χ3n) is 9.17. The standard InChI is InChI=1S/C35H44N8O8/c1-35(2,3)51-34(50)38-21-12-13-42(16-21)33-40-31(36-15-24(19-4-8-22(45)9-5-19)20-6-10-23(46)11-7-20)28-32(41-33)43(18-37-28)26-14-25(29(48)30(26)49)39-27(47)17-44/h4-11,18,21,24-26,29-30,44-46,48-49H,12-17H2,1-3H3,(H,38,50)(H,39,47)(H,36,40,41)/t21-,25+,26-,29-,30+/m1/s1. The van der Waals surface area contributed by atoms with Crippen molar-refractivity contribution in [2.45, 2.75) is 75.5 Å². The number of amides is 2. The van der Waals surface area contributed by atoms with Crippen molar-refractivity contribution < 1.29 is 39.9 Å². The molecule has 0 unspecified atom stereocenters. The second-order valence-electron chi connectivity index (χ2n) is 14.0. The molecule has 2 aromatic carbocycles. The minimum Gasteiger partial charge on any atom is -0.508 e. The Balaban J connectivity index is 1.34. The van der Waals surface area contributed by atoms with E-state index >= 15 is 0 Å². The number of aromatic nitrogens is 4. The first-order valence-corrected chi connectivity index (χ1v) is 16.9. The molecule has 8 N–H and O–H groups in total. The molecule has 1 aliphatic heterocycles. The fourth-order valence-corrected chi connectivity index (χ4v) is 6.67. The van der Waals surface area contributed by atoms with Crippen molar-refractivity contribution in [2.24, 2.45) is 0 Å². The molecule has 4 aromatic rings. The molecule has 51 heavy (non-hydrogen) atoms. The van der Waals surface area contributed by atoms with E-state index in [0.29, 0.717) is 49.0 Å². The molecule has 1 aliphatic carbocycles. The molecule has 6 rings (SSSR count). The van der Waals surface area contributed by atoms with Gasteiger partial charge in [-0.1, -0.05) is 24.3 Å². The van der Waals surface area contributed by atoms with E-state index in [1.165, 1.54) is 6.33 Å². The number of carbonyl (C=O) groups excluding carboxylic acids is 2. The fourth-order valence-electron chi connectivity index (χ4n) is 6.67. The van der Waals surface area contributed by atoms with Crippen molar-refractivity contribution in [2.75, 3.05) is 36.5 Å². The van der Waals surface area contributed by atoms with Gasteiger partial charge in [0.1, 0.15) is 35.9 Å². The first kappa shape index (κ1) is 35.6. The van der Waals surface area contributed by atoms with Crippen LogP contribution in [0, 0.1) is 0 Å². The van der Waals surface area contributed by atoms with Crippen LogP contribution < -0.4 is 20.9 Å². The quantitative estimate of drug-likeness (QED) is 0.118. The molecule has 0 radical (unpaired) electrons. The van der Waals surface area contributed by atoms with Crippen LogP contribution in [-0.4, -0.2) is 113 Å². The maximum atomic E-state index is 12.5. The zero-order chi connectivity index (χ0) is 36.4. The Morgan fingerprint density at radius 3 is 2.22 bits per heavy atom. The van der Waals surface area contributed by atoms with Crippen molar-refractivity contribution in [3.8, 4) is 11.5 Å². The highest BCUT2D eigenvalue weighted by atomic mass is 16.6. The van der Waals surface area contributed by atoms with Gasteiger partial charge in [-0.2, -0.15) is 9.97 Å². The van der Waals surface area contributed by atoms with Crippen molar-refractivity contribution in [3.05, 3.63) is 66.0 Å². The fraction of sp³-hybridized carbons (Fsp3) is 0.457. The van der Waals surface area contributed by atoms with Crippen LogP contribution in [0.1, 0.15) is 56.7 Å². The number of alkyl carbamates (subject to hydrolysis) is 1. The Kier molecular flexibility index (Phi) is 10.2. The predicted octanol–water partition coefficient (Wildman–Crippen LogP) is 1.73. The Bertz CT molecular complexity index is 1800. The third kappa shape index (κ3) is 8.08. The zero-order valence-corrected chi connectivity index (χ0v) is 28.6. The Hall–Kier alpha value is -5.19. The van der Waals surface area contributed by atoms with Crippen LogP contribution >= 0.6 is 0 Å². The number of nitrogens with zero attached hydrogens (tertiary/aromatic N) is 5. The molecule has 1 saturated heterocycles. The second-order valence-corrected chi connectivity index (χ2v) is 14.0. The van der Waals surface area contributed by atoms with Crippen molar-refractivity contribution in [3.63, 3.8) is 0 Å². The van der Waals surface area contributed by atoms with Crippen LogP contribution in [0.2, 0.25) is 0 Å². The molecule has 2 aliphatic rings. The molecule has 1 saturated carbocycles. The van der Waals surface area contributed by atoms with Gasteiger partial charge < -0.3 is 55.7 Å². The lowest BCUT2D eigenvalue weighted by Gasteiger charge is -2.23. The highest BCUT2D eigenvalue weighted by molar-refractivity contribution is 5.85. The summed E-state index contributed by atoms with van der Waals surface area (Å²) in [5, 5.41) is 59.9. The van der Waals surface area contributed by atoms with Gasteiger partial charge in [-0.05, 0) is 69.0 Å². The number of anilines is 2. The van der Waals surface area contributed by atoms with E-state index in [-0.39, 0.29) is 29.9 Å². The monoisotopic (exact) mass is 704 g/mol. The Labute approximate surface area is 294 Å². The first-order valence-electron chi connectivity index (χ1n) is 16.9. The SMILES string of the molecule is CC(C)(C)OC(=O)N[C@@H]1CCN(c2nc(NCC(c3ccc(O)cc3)c3ccc(O)cc3)c3ncn([C@@H]4C[C@H](NC(=O)CO)[C@@H](O)[C@H]4O)c3n2)C1. The minimum absolute atomic E-state index is 0.131. The number of ether oxygens (including phenoxy) is 1. The number of phenols is 2. The van der Waals surface area contributed by atoms with E-state index in [9.17, 15) is 35.1 Å². The van der Waals surface area contributed by atoms with Crippen molar-refractivity contribution in [1.82, 2.24) is 30.2 Å². The molecule has 0 bridgehead atoms. The summed E-state index contributed by atoms with van der Waals surface area (Å²) in [6.45, 7) is 5.90. The smallest absolute Gasteiger partial charge is 0.407 e. The molecular formula is C35H44N8O8. The lowest BCUT2D eigenvalue weighted by atomic mass is 9.91. The summed E-state index contributed by atoms with van der Waals surface area (Å²) in [5.74, 6) is 0.109. The van der Waals surface area contributed by atoms with Gasteiger partial charge in [0.05, 0.1) is 24.5 Å². The van der Waals surface area contributed by atoms with Crippen LogP contribution in [-0.2, 0) is 9.53 Å². The number of aliphatic hydroxyl groups excluding tert-OH is 3. The summed E-state index contributed by atoms with van der Waals surface area (Å²) < 4.78 is 7.11. The number of hydrogen-bond donors (Lipinski definition) is 8. The van der Waals surface area contributed by atoms with E-state index in [4.69, 9.17) is 14.7 Å². The Morgan fingerprint density at radius 2 is 1.61 bits per heavy atom. The number of phenolic OH excluding ortho intramolecular Hbond substituents is 2. The van der Waals surface area contributed by atoms with Gasteiger partial charge in [-0.15, -0.1) is 0 Å². The van der Waals surface area contributed by atoms with E-state index in [2.05, 4.69) is 20.9 Å². The number of fused-ring (bicyclic) bond motifs is 1. The van der Waals surface area contributed by atoms with E-state index in [1.54, 1.807) is 49.6 Å². The van der Waals surface area contributed by atoms with Gasteiger partial charge in [0, 0.05) is 25.6 Å². The summed E-state index contributed by atoms with van der Waals surface area (Å²) in [5.41, 5.74) is 1.93. The van der Waals surface area contributed by atoms with Crippen molar-refractivity contribution >= 4 is 34.9 Å². The summed E-state index contributed by atoms with van der Waals surface area (Å²) >= 11 is 0. The van der Waals surface area contributed by atoms with Crippen LogP contribution in [0.3, 0.4) is 0 Å².